The summed E-state index contributed by atoms with van der Waals surface area (Å²) in [4.78, 5) is 7.35. The molecular formula is C4H10N2OSi2. The summed E-state index contributed by atoms with van der Waals surface area (Å²) >= 11 is 0. The highest BCUT2D eigenvalue weighted by atomic mass is 28.3. The highest BCUT2D eigenvalue weighted by molar-refractivity contribution is 6.15. The first kappa shape index (κ1) is 8.47. The Bertz CT molecular complexity index is 99.4. The molecular weight excluding hydrogens is 148 g/mol. The Hall–Kier alpha value is -0.526. The molecule has 0 saturated carbocycles. The molecule has 0 N–H and O–H groups in total. The monoisotopic (exact) mass is 158 g/mol. The van der Waals surface area contributed by atoms with E-state index in [0.717, 1.165) is 21.0 Å². The van der Waals surface area contributed by atoms with E-state index in [1.165, 1.54) is 6.33 Å². The first-order chi connectivity index (χ1) is 4.41. The first-order valence-electron chi connectivity index (χ1n) is 2.52. The molecule has 0 saturated heterocycles. The van der Waals surface area contributed by atoms with Crippen molar-refractivity contribution >= 4 is 21.0 Å². The van der Waals surface area contributed by atoms with Crippen molar-refractivity contribution in [1.29, 1.82) is 0 Å². The van der Waals surface area contributed by atoms with E-state index in [2.05, 4.69) is 14.1 Å². The van der Waals surface area contributed by atoms with Crippen LogP contribution in [0.4, 0.5) is 0 Å². The van der Waals surface area contributed by atoms with E-state index in [0.29, 0.717) is 0 Å². The van der Waals surface area contributed by atoms with Gasteiger partial charge in [0.15, 0.2) is 0 Å². The number of nitrogens with zero attached hydrogens (tertiary/aromatic N) is 2. The van der Waals surface area contributed by atoms with E-state index < -0.39 is 0 Å². The van der Waals surface area contributed by atoms with Crippen molar-refractivity contribution in [1.82, 2.24) is 9.97 Å². The maximum Gasteiger partial charge on any atom is 0.129 e. The smallest absolute Gasteiger partial charge is 0.129 e. The Morgan fingerprint density at radius 2 is 1.56 bits per heavy atom. The fourth-order valence-electron chi connectivity index (χ4n) is 0.253. The van der Waals surface area contributed by atoms with Gasteiger partial charge in [0, 0.05) is 12.4 Å². The first-order valence-corrected chi connectivity index (χ1v) is 4.15. The van der Waals surface area contributed by atoms with Crippen molar-refractivity contribution in [3.63, 3.8) is 0 Å². The van der Waals surface area contributed by atoms with Crippen molar-refractivity contribution in [3.8, 4) is 0 Å². The molecule has 0 amide bonds. The molecule has 9 heavy (non-hydrogen) atoms. The van der Waals surface area contributed by atoms with Gasteiger partial charge in [-0.05, 0) is 6.07 Å². The standard InChI is InChI=1S/C4H4N2.H6OSi2/c1-2-5-4-6-3-1;2-1-3/h1-4H;2-3H3. The molecule has 1 rings (SSSR count). The Balaban J connectivity index is 0.000000187. The lowest BCUT2D eigenvalue weighted by Crippen LogP contribution is -1.66. The van der Waals surface area contributed by atoms with Crippen molar-refractivity contribution in [2.24, 2.45) is 0 Å². The average molecular weight is 158 g/mol. The summed E-state index contributed by atoms with van der Waals surface area (Å²) in [6.45, 7) is 0. The van der Waals surface area contributed by atoms with Crippen molar-refractivity contribution in [2.45, 2.75) is 0 Å². The summed E-state index contributed by atoms with van der Waals surface area (Å²) in [5.74, 6) is 0. The van der Waals surface area contributed by atoms with Crippen molar-refractivity contribution in [3.05, 3.63) is 24.8 Å². The number of rotatable bonds is 0. The third kappa shape index (κ3) is 7.47. The van der Waals surface area contributed by atoms with Gasteiger partial charge in [0.2, 0.25) is 0 Å². The minimum Gasteiger partial charge on any atom is -0.471 e. The maximum absolute atomic E-state index is 4.53. The second-order valence-corrected chi connectivity index (χ2v) is 4.58. The molecule has 0 atom stereocenters. The zero-order valence-corrected chi connectivity index (χ0v) is 9.61. The maximum atomic E-state index is 4.53. The van der Waals surface area contributed by atoms with E-state index >= 15 is 0 Å². The Morgan fingerprint density at radius 1 is 1.11 bits per heavy atom. The Labute approximate surface area is 60.6 Å². The van der Waals surface area contributed by atoms with Crippen LogP contribution in [-0.2, 0) is 4.12 Å². The summed E-state index contributed by atoms with van der Waals surface area (Å²) in [6, 6.07) is 1.78. The predicted octanol–water partition coefficient (Wildman–Crippen LogP) is -1.96. The minimum atomic E-state index is 0.931. The molecule has 3 nitrogen and oxygen atoms in total. The van der Waals surface area contributed by atoms with Gasteiger partial charge in [0.1, 0.15) is 27.3 Å². The second kappa shape index (κ2) is 7.47. The third-order valence-electron chi connectivity index (χ3n) is 0.478. The molecule has 5 heteroatoms. The molecule has 0 spiro atoms. The highest BCUT2D eigenvalue weighted by Gasteiger charge is 1.59. The molecule has 0 aliphatic heterocycles. The van der Waals surface area contributed by atoms with Crippen molar-refractivity contribution < 1.29 is 4.12 Å². The molecule has 0 unspecified atom stereocenters. The SMILES string of the molecule is [SiH3]O[SiH3].c1cncnc1. The summed E-state index contributed by atoms with van der Waals surface area (Å²) < 4.78 is 4.53. The lowest BCUT2D eigenvalue weighted by Gasteiger charge is -1.70. The van der Waals surface area contributed by atoms with E-state index in [1.54, 1.807) is 18.5 Å². The van der Waals surface area contributed by atoms with Crippen LogP contribution in [0.1, 0.15) is 0 Å². The number of hydrogen-bond donors (Lipinski definition) is 0. The third-order valence-corrected chi connectivity index (χ3v) is 0.478. The lowest BCUT2D eigenvalue weighted by atomic mass is 10.7. The van der Waals surface area contributed by atoms with Crippen LogP contribution in [0.2, 0.25) is 0 Å². The van der Waals surface area contributed by atoms with Gasteiger partial charge in [-0.15, -0.1) is 0 Å². The van der Waals surface area contributed by atoms with Gasteiger partial charge in [-0.2, -0.15) is 0 Å². The zero-order chi connectivity index (χ0) is 6.95. The van der Waals surface area contributed by atoms with E-state index in [-0.39, 0.29) is 0 Å². The van der Waals surface area contributed by atoms with E-state index in [9.17, 15) is 0 Å². The molecule has 0 aliphatic carbocycles. The van der Waals surface area contributed by atoms with E-state index in [4.69, 9.17) is 0 Å². The molecule has 1 heterocycles. The summed E-state index contributed by atoms with van der Waals surface area (Å²) in [5.41, 5.74) is 0. The largest absolute Gasteiger partial charge is 0.471 e. The lowest BCUT2D eigenvalue weighted by molar-refractivity contribution is 0.690. The quantitative estimate of drug-likeness (QED) is 0.411. The van der Waals surface area contributed by atoms with Gasteiger partial charge in [-0.25, -0.2) is 9.97 Å². The summed E-state index contributed by atoms with van der Waals surface area (Å²) in [7, 11) is 1.86. The zero-order valence-electron chi connectivity index (χ0n) is 5.61. The fraction of sp³-hybridized carbons (Fsp3) is 0. The van der Waals surface area contributed by atoms with Gasteiger partial charge >= 0.3 is 0 Å². The predicted molar refractivity (Wildman–Crippen MR) is 43.0 cm³/mol. The van der Waals surface area contributed by atoms with E-state index in [1.807, 2.05) is 0 Å². The van der Waals surface area contributed by atoms with Crippen molar-refractivity contribution in [2.75, 3.05) is 0 Å². The fourth-order valence-corrected chi connectivity index (χ4v) is 0.253. The number of hydrogen-bond acceptors (Lipinski definition) is 3. The van der Waals surface area contributed by atoms with Crippen LogP contribution in [0.3, 0.4) is 0 Å². The van der Waals surface area contributed by atoms with Gasteiger partial charge in [-0.1, -0.05) is 0 Å². The van der Waals surface area contributed by atoms with Gasteiger partial charge < -0.3 is 4.12 Å². The molecule has 0 fully saturated rings. The van der Waals surface area contributed by atoms with Crippen LogP contribution in [-0.4, -0.2) is 30.9 Å². The minimum absolute atomic E-state index is 0.931. The normalized spacial score (nSPS) is 8.00. The highest BCUT2D eigenvalue weighted by Crippen LogP contribution is 1.66. The van der Waals surface area contributed by atoms with Crippen LogP contribution in [0, 0.1) is 0 Å². The van der Waals surface area contributed by atoms with Gasteiger partial charge in [-0.3, -0.25) is 0 Å². The summed E-state index contributed by atoms with van der Waals surface area (Å²) in [5, 5.41) is 0. The van der Waals surface area contributed by atoms with Crippen LogP contribution >= 0.6 is 0 Å². The Morgan fingerprint density at radius 3 is 1.67 bits per heavy atom. The van der Waals surface area contributed by atoms with Crippen LogP contribution < -0.4 is 0 Å². The topological polar surface area (TPSA) is 35.0 Å². The molecule has 0 aromatic carbocycles. The molecule has 0 bridgehead atoms. The average Bonchev–Trinajstić information content (AvgIpc) is 1.93. The van der Waals surface area contributed by atoms with Crippen LogP contribution in [0.25, 0.3) is 0 Å². The van der Waals surface area contributed by atoms with Crippen LogP contribution in [0.5, 0.6) is 0 Å². The van der Waals surface area contributed by atoms with Gasteiger partial charge in [0.05, 0.1) is 0 Å². The molecule has 0 aliphatic rings. The molecule has 50 valence electrons. The second-order valence-electron chi connectivity index (χ2n) is 1.31. The molecule has 1 aromatic rings. The molecule has 1 aromatic heterocycles. The number of aromatic nitrogens is 2. The molecule has 0 radical (unpaired) electrons. The van der Waals surface area contributed by atoms with Crippen LogP contribution in [0.15, 0.2) is 24.8 Å². The Kier molecular flexibility index (Phi) is 7.04. The van der Waals surface area contributed by atoms with Gasteiger partial charge in [0.25, 0.3) is 0 Å². The summed E-state index contributed by atoms with van der Waals surface area (Å²) in [6.07, 6.45) is 4.88.